The van der Waals surface area contributed by atoms with Crippen molar-refractivity contribution in [2.24, 2.45) is 20.5 Å². The van der Waals surface area contributed by atoms with E-state index in [4.69, 9.17) is 4.74 Å². The summed E-state index contributed by atoms with van der Waals surface area (Å²) >= 11 is 0. The van der Waals surface area contributed by atoms with Gasteiger partial charge in [0, 0.05) is 40.0 Å². The van der Waals surface area contributed by atoms with E-state index in [1.54, 1.807) is 0 Å². The first-order valence-electron chi connectivity index (χ1n) is 12.0. The number of nitro groups is 2. The number of azo groups is 2. The van der Waals surface area contributed by atoms with Crippen molar-refractivity contribution in [3.63, 3.8) is 0 Å². The Balaban J connectivity index is 0.000000431. The molecule has 16 nitrogen and oxygen atoms in total. The molecule has 0 fully saturated rings. The monoisotopic (exact) mass is 666 g/mol. The molecule has 4 rings (SSSR count). The first-order valence-corrected chi connectivity index (χ1v) is 12.0. The van der Waals surface area contributed by atoms with E-state index in [0.29, 0.717) is 0 Å². The normalized spacial score (nSPS) is 10.4. The Morgan fingerprint density at radius 2 is 0.978 bits per heavy atom. The fourth-order valence-corrected chi connectivity index (χ4v) is 3.30. The molecule has 4 aromatic carbocycles. The summed E-state index contributed by atoms with van der Waals surface area (Å²) in [6.45, 7) is 3.04. The molecule has 0 unspecified atom stereocenters. The predicted octanol–water partition coefficient (Wildman–Crippen LogP) is 7.62. The summed E-state index contributed by atoms with van der Waals surface area (Å²) < 4.78 is 5.04. The van der Waals surface area contributed by atoms with Gasteiger partial charge in [0.2, 0.25) is 0 Å². The van der Waals surface area contributed by atoms with Crippen molar-refractivity contribution in [1.29, 1.82) is 0 Å². The van der Waals surface area contributed by atoms with Crippen LogP contribution < -0.4 is 4.74 Å². The molecular weight excluding hydrogens is 639 g/mol. The van der Waals surface area contributed by atoms with Crippen molar-refractivity contribution in [2.75, 3.05) is 7.11 Å². The number of benzene rings is 4. The van der Waals surface area contributed by atoms with Gasteiger partial charge in [-0.05, 0) is 50.2 Å². The summed E-state index contributed by atoms with van der Waals surface area (Å²) in [5, 5.41) is 84.6. The zero-order chi connectivity index (χ0) is 31.8. The Morgan fingerprint density at radius 1 is 0.600 bits per heavy atom. The van der Waals surface area contributed by atoms with Crippen LogP contribution in [-0.4, -0.2) is 42.5 Å². The Morgan fingerprint density at radius 3 is 1.40 bits per heavy atom. The molecule has 0 heterocycles. The number of nitrogens with zero attached hydrogens (tertiary/aromatic N) is 6. The SMILES string of the molecule is COc1cc([N+](=O)[O-])ccc1N=Nc1ccc(O)c(C)c1O.Cc1c(O)ccc(N=Nc2ccc([N+](=O)[O-])cc2O)c1O.[CH3-].[Co]. The number of hydrogen-bond acceptors (Lipinski definition) is 14. The Bertz CT molecular complexity index is 1760. The zero-order valence-electron chi connectivity index (χ0n) is 24.1. The number of hydrogen-bond donors (Lipinski definition) is 5. The van der Waals surface area contributed by atoms with Gasteiger partial charge in [-0.2, -0.15) is 0 Å². The molecular formula is C28H27CoN6O10-. The van der Waals surface area contributed by atoms with Crippen LogP contribution in [0.3, 0.4) is 0 Å². The van der Waals surface area contributed by atoms with Crippen molar-refractivity contribution in [1.82, 2.24) is 0 Å². The van der Waals surface area contributed by atoms with Gasteiger partial charge >= 0.3 is 0 Å². The summed E-state index contributed by atoms with van der Waals surface area (Å²) in [5.41, 5.74) is 0.697. The third kappa shape index (κ3) is 9.09. The van der Waals surface area contributed by atoms with Gasteiger partial charge in [0.1, 0.15) is 51.5 Å². The quantitative estimate of drug-likeness (QED) is 0.0558. The van der Waals surface area contributed by atoms with Gasteiger partial charge in [-0.3, -0.25) is 20.2 Å². The maximum Gasteiger partial charge on any atom is 0.273 e. The fraction of sp³-hybridized carbons (Fsp3) is 0.107. The summed E-state index contributed by atoms with van der Waals surface area (Å²) in [6, 6.07) is 12.8. The third-order valence-electron chi connectivity index (χ3n) is 5.84. The first kappa shape index (κ1) is 37.2. The molecule has 45 heavy (non-hydrogen) atoms. The van der Waals surface area contributed by atoms with Crippen LogP contribution in [0.5, 0.6) is 34.5 Å². The van der Waals surface area contributed by atoms with Crippen LogP contribution in [0.25, 0.3) is 0 Å². The van der Waals surface area contributed by atoms with Crippen LogP contribution in [0.15, 0.2) is 81.1 Å². The topological polar surface area (TPSA) is 246 Å². The number of non-ortho nitro benzene ring substituents is 2. The van der Waals surface area contributed by atoms with Gasteiger partial charge in [0.15, 0.2) is 5.75 Å². The van der Waals surface area contributed by atoms with E-state index in [1.165, 1.54) is 75.6 Å². The molecule has 0 aliphatic carbocycles. The standard InChI is InChI=1S/C14H13N3O5.C13H11N3O5.CH3.Co/c1-8-12(18)6-5-11(14(8)19)16-15-10-4-3-9(17(20)21)7-13(10)22-2;1-7-11(17)5-4-10(13(7)19)15-14-9-3-2-8(16(20)21)6-12(9)18;;/h3-7,18-19H,1-2H3;2-6,17-19H,1H3;1H3;/q;;-1;. The Labute approximate surface area is 266 Å². The fourth-order valence-electron chi connectivity index (χ4n) is 3.30. The summed E-state index contributed by atoms with van der Waals surface area (Å²) in [4.78, 5) is 20.1. The van der Waals surface area contributed by atoms with E-state index >= 15 is 0 Å². The van der Waals surface area contributed by atoms with Crippen LogP contribution in [-0.2, 0) is 16.8 Å². The molecule has 1 radical (unpaired) electrons. The van der Waals surface area contributed by atoms with Crippen LogP contribution in [0.2, 0.25) is 0 Å². The summed E-state index contributed by atoms with van der Waals surface area (Å²) in [5.74, 6) is -0.769. The van der Waals surface area contributed by atoms with Crippen LogP contribution in [0, 0.1) is 41.5 Å². The molecule has 0 saturated heterocycles. The van der Waals surface area contributed by atoms with Gasteiger partial charge in [0.25, 0.3) is 11.4 Å². The minimum atomic E-state index is -0.643. The second kappa shape index (κ2) is 16.1. The first-order chi connectivity index (χ1) is 20.3. The molecule has 0 spiro atoms. The number of aromatic hydroxyl groups is 5. The Kier molecular flexibility index (Phi) is 13.4. The molecule has 5 N–H and O–H groups in total. The van der Waals surface area contributed by atoms with Crippen molar-refractivity contribution in [2.45, 2.75) is 13.8 Å². The van der Waals surface area contributed by atoms with Crippen molar-refractivity contribution in [3.05, 3.63) is 99.4 Å². The Hall–Kier alpha value is -5.81. The molecule has 0 atom stereocenters. The zero-order valence-corrected chi connectivity index (χ0v) is 25.1. The summed E-state index contributed by atoms with van der Waals surface area (Å²) in [7, 11) is 1.36. The number of phenolic OH excluding ortho intramolecular Hbond substituents is 5. The molecule has 0 aliphatic rings. The van der Waals surface area contributed by atoms with Crippen molar-refractivity contribution >= 4 is 34.1 Å². The van der Waals surface area contributed by atoms with Crippen LogP contribution >= 0.6 is 0 Å². The van der Waals surface area contributed by atoms with E-state index in [1.807, 2.05) is 0 Å². The number of nitro benzene ring substituents is 2. The molecule has 0 amide bonds. The van der Waals surface area contributed by atoms with Crippen molar-refractivity contribution < 1.29 is 56.9 Å². The maximum absolute atomic E-state index is 10.7. The summed E-state index contributed by atoms with van der Waals surface area (Å²) in [6.07, 6.45) is 0. The molecule has 0 aliphatic heterocycles. The van der Waals surface area contributed by atoms with Gasteiger partial charge in [0.05, 0.1) is 29.1 Å². The molecule has 0 bridgehead atoms. The van der Waals surface area contributed by atoms with Gasteiger partial charge < -0.3 is 37.7 Å². The van der Waals surface area contributed by atoms with Gasteiger partial charge in [-0.1, -0.05) is 0 Å². The largest absolute Gasteiger partial charge is 0.508 e. The second-order valence-corrected chi connectivity index (χ2v) is 8.60. The van der Waals surface area contributed by atoms with E-state index in [9.17, 15) is 45.8 Å². The molecule has 0 saturated carbocycles. The van der Waals surface area contributed by atoms with E-state index in [0.717, 1.165) is 6.07 Å². The van der Waals surface area contributed by atoms with Crippen LogP contribution in [0.4, 0.5) is 34.1 Å². The third-order valence-corrected chi connectivity index (χ3v) is 5.84. The minimum Gasteiger partial charge on any atom is -0.508 e. The molecule has 17 heteroatoms. The van der Waals surface area contributed by atoms with Crippen molar-refractivity contribution in [3.8, 4) is 34.5 Å². The maximum atomic E-state index is 10.7. The molecule has 239 valence electrons. The van der Waals surface area contributed by atoms with E-state index < -0.39 is 15.6 Å². The average Bonchev–Trinajstić information content (AvgIpc) is 2.98. The predicted molar refractivity (Wildman–Crippen MR) is 158 cm³/mol. The average molecular weight is 666 g/mol. The van der Waals surface area contributed by atoms with E-state index in [-0.39, 0.29) is 98.2 Å². The second-order valence-electron chi connectivity index (χ2n) is 8.60. The van der Waals surface area contributed by atoms with Crippen LogP contribution in [0.1, 0.15) is 11.1 Å². The molecule has 4 aromatic rings. The number of ether oxygens (including phenoxy) is 1. The minimum absolute atomic E-state index is 0. The number of rotatable bonds is 7. The van der Waals surface area contributed by atoms with Gasteiger partial charge in [-0.25, -0.2) is 0 Å². The molecule has 0 aromatic heterocycles. The smallest absolute Gasteiger partial charge is 0.273 e. The number of phenols is 5. The van der Waals surface area contributed by atoms with E-state index in [2.05, 4.69) is 20.5 Å². The van der Waals surface area contributed by atoms with Gasteiger partial charge in [-0.15, -0.1) is 20.5 Å². The number of methoxy groups -OCH3 is 1.